The summed E-state index contributed by atoms with van der Waals surface area (Å²) in [7, 11) is 0. The van der Waals surface area contributed by atoms with E-state index in [4.69, 9.17) is 0 Å². The summed E-state index contributed by atoms with van der Waals surface area (Å²) in [6.07, 6.45) is 0. The number of aromatic nitrogens is 1. The second kappa shape index (κ2) is 9.80. The van der Waals surface area contributed by atoms with Crippen LogP contribution in [0, 0.1) is 6.92 Å². The average molecular weight is 526 g/mol. The summed E-state index contributed by atoms with van der Waals surface area (Å²) in [5.74, 6) is 0. The molecular weight excluding hydrogens is 494 g/mol. The molecule has 8 rings (SSSR count). The number of rotatable bonds is 3. The first-order chi connectivity index (χ1) is 19.7. The minimum absolute atomic E-state index is 0. The summed E-state index contributed by atoms with van der Waals surface area (Å²) in [6, 6.07) is 53.3. The van der Waals surface area contributed by atoms with E-state index < -0.39 is 0 Å². The van der Waals surface area contributed by atoms with Gasteiger partial charge in [-0.1, -0.05) is 116 Å². The maximum atomic E-state index is 2.37. The van der Waals surface area contributed by atoms with Gasteiger partial charge in [-0.25, -0.2) is 0 Å². The highest BCUT2D eigenvalue weighted by atomic mass is 15.0. The summed E-state index contributed by atoms with van der Waals surface area (Å²) in [6.45, 7) is 2.14. The quantitative estimate of drug-likeness (QED) is 0.216. The Morgan fingerprint density at radius 1 is 0.390 bits per heavy atom. The Morgan fingerprint density at radius 3 is 1.34 bits per heavy atom. The van der Waals surface area contributed by atoms with E-state index in [0.29, 0.717) is 0 Å². The largest absolute Gasteiger partial charge is 0.309 e. The van der Waals surface area contributed by atoms with E-state index in [0.717, 1.165) is 0 Å². The lowest BCUT2D eigenvalue weighted by Crippen LogP contribution is -1.93. The van der Waals surface area contributed by atoms with Gasteiger partial charge in [0.2, 0.25) is 0 Å². The molecule has 7 aromatic carbocycles. The highest BCUT2D eigenvalue weighted by Crippen LogP contribution is 2.34. The standard InChI is InChI=1S/C39H27N.CH4/c1-26-10-11-30-24-32(14-12-28(30)22-26)34-17-16-31-23-29(13-15-33(31)25-34)27-18-20-35(21-19-27)40-38-8-4-2-6-36(38)37-7-3-5-9-39(37)40;/h2-25H,1H3;1H4. The fraction of sp³-hybridized carbons (Fsp3) is 0.0500. The van der Waals surface area contributed by atoms with E-state index in [1.165, 1.54) is 76.9 Å². The summed E-state index contributed by atoms with van der Waals surface area (Å²) in [5.41, 5.74) is 9.90. The normalized spacial score (nSPS) is 11.3. The molecule has 0 unspecified atom stereocenters. The maximum absolute atomic E-state index is 2.37. The Morgan fingerprint density at radius 2 is 0.805 bits per heavy atom. The third-order valence-electron chi connectivity index (χ3n) is 8.21. The minimum Gasteiger partial charge on any atom is -0.309 e. The van der Waals surface area contributed by atoms with Gasteiger partial charge in [-0.2, -0.15) is 0 Å². The fourth-order valence-corrected chi connectivity index (χ4v) is 6.15. The first kappa shape index (κ1) is 24.9. The van der Waals surface area contributed by atoms with Gasteiger partial charge in [0.1, 0.15) is 0 Å². The van der Waals surface area contributed by atoms with E-state index in [-0.39, 0.29) is 7.43 Å². The van der Waals surface area contributed by atoms with E-state index in [1.807, 2.05) is 0 Å². The second-order valence-corrected chi connectivity index (χ2v) is 10.8. The van der Waals surface area contributed by atoms with Crippen molar-refractivity contribution in [2.24, 2.45) is 0 Å². The van der Waals surface area contributed by atoms with Crippen LogP contribution >= 0.6 is 0 Å². The zero-order valence-corrected chi connectivity index (χ0v) is 22.3. The van der Waals surface area contributed by atoms with Gasteiger partial charge < -0.3 is 4.57 Å². The summed E-state index contributed by atoms with van der Waals surface area (Å²) >= 11 is 0. The van der Waals surface area contributed by atoms with Crippen molar-refractivity contribution < 1.29 is 0 Å². The highest BCUT2D eigenvalue weighted by molar-refractivity contribution is 6.09. The van der Waals surface area contributed by atoms with Gasteiger partial charge in [-0.3, -0.25) is 0 Å². The van der Waals surface area contributed by atoms with Crippen molar-refractivity contribution in [1.82, 2.24) is 4.57 Å². The van der Waals surface area contributed by atoms with Gasteiger partial charge in [0.25, 0.3) is 0 Å². The van der Waals surface area contributed by atoms with Crippen LogP contribution in [-0.2, 0) is 0 Å². The lowest BCUT2D eigenvalue weighted by molar-refractivity contribution is 1.18. The Bertz CT molecular complexity index is 2160. The third-order valence-corrected chi connectivity index (χ3v) is 8.21. The smallest absolute Gasteiger partial charge is 0.0541 e. The third kappa shape index (κ3) is 4.18. The second-order valence-electron chi connectivity index (χ2n) is 10.8. The van der Waals surface area contributed by atoms with Gasteiger partial charge in [0, 0.05) is 16.5 Å². The summed E-state index contributed by atoms with van der Waals surface area (Å²) in [5, 5.41) is 7.65. The molecule has 0 amide bonds. The predicted molar refractivity (Wildman–Crippen MR) is 178 cm³/mol. The first-order valence-corrected chi connectivity index (χ1v) is 13.8. The topological polar surface area (TPSA) is 4.93 Å². The molecule has 0 aliphatic rings. The molecule has 0 saturated heterocycles. The van der Waals surface area contributed by atoms with E-state index >= 15 is 0 Å². The summed E-state index contributed by atoms with van der Waals surface area (Å²) in [4.78, 5) is 0. The Hall–Kier alpha value is -5.14. The van der Waals surface area contributed by atoms with Crippen LogP contribution in [-0.4, -0.2) is 4.57 Å². The molecule has 0 bridgehead atoms. The van der Waals surface area contributed by atoms with E-state index in [1.54, 1.807) is 0 Å². The molecule has 1 aromatic heterocycles. The van der Waals surface area contributed by atoms with Crippen molar-refractivity contribution >= 4 is 43.4 Å². The van der Waals surface area contributed by atoms with Crippen molar-refractivity contribution in [2.45, 2.75) is 14.4 Å². The first-order valence-electron chi connectivity index (χ1n) is 13.8. The molecule has 0 fully saturated rings. The van der Waals surface area contributed by atoms with Crippen molar-refractivity contribution in [1.29, 1.82) is 0 Å². The fourth-order valence-electron chi connectivity index (χ4n) is 6.15. The Kier molecular flexibility index (Phi) is 5.94. The molecular formula is C40H31N. The van der Waals surface area contributed by atoms with Crippen LogP contribution in [0.25, 0.3) is 71.3 Å². The van der Waals surface area contributed by atoms with Gasteiger partial charge in [0.15, 0.2) is 0 Å². The zero-order chi connectivity index (χ0) is 26.6. The molecule has 196 valence electrons. The highest BCUT2D eigenvalue weighted by Gasteiger charge is 2.11. The molecule has 1 heterocycles. The zero-order valence-electron chi connectivity index (χ0n) is 22.3. The molecule has 41 heavy (non-hydrogen) atoms. The van der Waals surface area contributed by atoms with Gasteiger partial charge in [-0.05, 0) is 93.2 Å². The van der Waals surface area contributed by atoms with Gasteiger partial charge in [0.05, 0.1) is 11.0 Å². The van der Waals surface area contributed by atoms with Gasteiger partial charge in [-0.15, -0.1) is 0 Å². The lowest BCUT2D eigenvalue weighted by atomic mass is 9.96. The number of aryl methyl sites for hydroxylation is 1. The van der Waals surface area contributed by atoms with Crippen LogP contribution in [0.4, 0.5) is 0 Å². The monoisotopic (exact) mass is 525 g/mol. The molecule has 8 aromatic rings. The average Bonchev–Trinajstić information content (AvgIpc) is 3.35. The molecule has 0 aliphatic heterocycles. The molecule has 0 spiro atoms. The number of fused-ring (bicyclic) bond motifs is 5. The number of hydrogen-bond acceptors (Lipinski definition) is 0. The number of para-hydroxylation sites is 2. The van der Waals surface area contributed by atoms with Crippen LogP contribution in [0.2, 0.25) is 0 Å². The van der Waals surface area contributed by atoms with Crippen LogP contribution in [0.3, 0.4) is 0 Å². The van der Waals surface area contributed by atoms with Crippen molar-refractivity contribution in [3.8, 4) is 27.9 Å². The van der Waals surface area contributed by atoms with E-state index in [9.17, 15) is 0 Å². The maximum Gasteiger partial charge on any atom is 0.0541 e. The van der Waals surface area contributed by atoms with Crippen LogP contribution in [0.5, 0.6) is 0 Å². The molecule has 0 atom stereocenters. The number of hydrogen-bond donors (Lipinski definition) is 0. The van der Waals surface area contributed by atoms with Crippen LogP contribution < -0.4 is 0 Å². The van der Waals surface area contributed by atoms with Crippen LogP contribution in [0.1, 0.15) is 13.0 Å². The van der Waals surface area contributed by atoms with Crippen molar-refractivity contribution in [3.63, 3.8) is 0 Å². The molecule has 1 nitrogen and oxygen atoms in total. The van der Waals surface area contributed by atoms with Gasteiger partial charge >= 0.3 is 0 Å². The molecule has 1 heteroatoms. The Labute approximate surface area is 240 Å². The molecule has 0 N–H and O–H groups in total. The number of nitrogens with zero attached hydrogens (tertiary/aromatic N) is 1. The van der Waals surface area contributed by atoms with E-state index in [2.05, 4.69) is 157 Å². The Balaban J connectivity index is 0.00000276. The molecule has 0 saturated carbocycles. The molecule has 0 aliphatic carbocycles. The minimum atomic E-state index is 0. The van der Waals surface area contributed by atoms with Crippen molar-refractivity contribution in [3.05, 3.63) is 151 Å². The van der Waals surface area contributed by atoms with Crippen LogP contribution in [0.15, 0.2) is 146 Å². The predicted octanol–water partition coefficient (Wildman–Crippen LogP) is 11.4. The lowest BCUT2D eigenvalue weighted by Gasteiger charge is -2.11. The number of benzene rings is 7. The van der Waals surface area contributed by atoms with Crippen molar-refractivity contribution in [2.75, 3.05) is 0 Å². The summed E-state index contributed by atoms with van der Waals surface area (Å²) < 4.78 is 2.37. The SMILES string of the molecule is C.Cc1ccc2cc(-c3ccc4cc(-c5ccc(-n6c7ccccc7c7ccccc76)cc5)ccc4c3)ccc2c1. The molecule has 0 radical (unpaired) electrons.